The summed E-state index contributed by atoms with van der Waals surface area (Å²) in [5.41, 5.74) is 9.16. The normalized spacial score (nSPS) is 18.4. The average molecular weight is 530 g/mol. The Morgan fingerprint density at radius 2 is 1.86 bits per heavy atom. The van der Waals surface area contributed by atoms with Crippen molar-refractivity contribution in [3.63, 3.8) is 0 Å². The summed E-state index contributed by atoms with van der Waals surface area (Å²) >= 11 is 1.57. The SMILES string of the molecule is Cc1ncsc1-c1ccc(CNC(=O)[C@@H]2C[C@@H](O)CN2C(=O)[C@@H](NC(=O)CCC(N)=O)C(C)(C)C)cc1. The third-order valence-electron chi connectivity index (χ3n) is 6.31. The lowest BCUT2D eigenvalue weighted by molar-refractivity contribution is -0.144. The lowest BCUT2D eigenvalue weighted by Crippen LogP contribution is -2.57. The van der Waals surface area contributed by atoms with Gasteiger partial charge < -0.3 is 26.4 Å². The van der Waals surface area contributed by atoms with Gasteiger partial charge in [0, 0.05) is 32.4 Å². The van der Waals surface area contributed by atoms with Crippen molar-refractivity contribution in [2.75, 3.05) is 6.54 Å². The van der Waals surface area contributed by atoms with Crippen LogP contribution >= 0.6 is 11.3 Å². The van der Waals surface area contributed by atoms with E-state index in [4.69, 9.17) is 5.73 Å². The van der Waals surface area contributed by atoms with E-state index < -0.39 is 41.3 Å². The van der Waals surface area contributed by atoms with Crippen molar-refractivity contribution in [2.45, 2.75) is 71.7 Å². The second-order valence-electron chi connectivity index (χ2n) is 10.4. The number of carbonyl (C=O) groups is 4. The maximum Gasteiger partial charge on any atom is 0.246 e. The minimum Gasteiger partial charge on any atom is -0.391 e. The van der Waals surface area contributed by atoms with E-state index in [2.05, 4.69) is 15.6 Å². The van der Waals surface area contributed by atoms with E-state index in [0.717, 1.165) is 21.7 Å². The maximum absolute atomic E-state index is 13.5. The van der Waals surface area contributed by atoms with Gasteiger partial charge in [0.25, 0.3) is 0 Å². The summed E-state index contributed by atoms with van der Waals surface area (Å²) in [6.07, 6.45) is -1.01. The van der Waals surface area contributed by atoms with E-state index in [1.54, 1.807) is 37.6 Å². The molecule has 0 radical (unpaired) electrons. The number of amides is 4. The van der Waals surface area contributed by atoms with Gasteiger partial charge in [-0.25, -0.2) is 4.98 Å². The van der Waals surface area contributed by atoms with E-state index in [1.807, 2.05) is 31.2 Å². The zero-order chi connectivity index (χ0) is 27.3. The van der Waals surface area contributed by atoms with E-state index in [-0.39, 0.29) is 38.3 Å². The summed E-state index contributed by atoms with van der Waals surface area (Å²) in [7, 11) is 0. The molecule has 1 aliphatic rings. The average Bonchev–Trinajstić information content (AvgIpc) is 3.44. The number of aliphatic hydroxyl groups excluding tert-OH is 1. The molecule has 0 unspecified atom stereocenters. The van der Waals surface area contributed by atoms with Crippen LogP contribution in [0.3, 0.4) is 0 Å². The number of aryl methyl sites for hydroxylation is 1. The van der Waals surface area contributed by atoms with Crippen molar-refractivity contribution < 1.29 is 24.3 Å². The van der Waals surface area contributed by atoms with Gasteiger partial charge in [0.2, 0.25) is 23.6 Å². The Morgan fingerprint density at radius 1 is 1.19 bits per heavy atom. The smallest absolute Gasteiger partial charge is 0.246 e. The van der Waals surface area contributed by atoms with E-state index in [9.17, 15) is 24.3 Å². The van der Waals surface area contributed by atoms with Gasteiger partial charge in [0.05, 0.1) is 22.2 Å². The van der Waals surface area contributed by atoms with Crippen molar-refractivity contribution in [3.05, 3.63) is 41.0 Å². The van der Waals surface area contributed by atoms with Crippen LogP contribution in [-0.2, 0) is 25.7 Å². The highest BCUT2D eigenvalue weighted by atomic mass is 32.1. The molecule has 1 saturated heterocycles. The summed E-state index contributed by atoms with van der Waals surface area (Å²) in [5, 5.41) is 15.8. The minimum absolute atomic E-state index is 0.0104. The number of nitrogens with one attached hydrogen (secondary N) is 2. The van der Waals surface area contributed by atoms with Gasteiger partial charge in [-0.05, 0) is 23.5 Å². The lowest BCUT2D eigenvalue weighted by atomic mass is 9.85. The number of nitrogens with zero attached hydrogens (tertiary/aromatic N) is 2. The van der Waals surface area contributed by atoms with E-state index in [1.165, 1.54) is 4.90 Å². The van der Waals surface area contributed by atoms with Crippen LogP contribution < -0.4 is 16.4 Å². The molecule has 37 heavy (non-hydrogen) atoms. The van der Waals surface area contributed by atoms with Crippen LogP contribution in [0.1, 0.15) is 51.3 Å². The second kappa shape index (κ2) is 11.8. The Kier molecular flexibility index (Phi) is 9.03. The molecule has 5 N–H and O–H groups in total. The van der Waals surface area contributed by atoms with Gasteiger partial charge in [-0.1, -0.05) is 45.0 Å². The molecule has 1 aliphatic heterocycles. The van der Waals surface area contributed by atoms with Crippen molar-refractivity contribution in [3.8, 4) is 10.4 Å². The molecule has 3 atom stereocenters. The van der Waals surface area contributed by atoms with Gasteiger partial charge in [-0.15, -0.1) is 11.3 Å². The number of benzene rings is 1. The molecule has 4 amide bonds. The highest BCUT2D eigenvalue weighted by Gasteiger charge is 2.44. The summed E-state index contributed by atoms with van der Waals surface area (Å²) < 4.78 is 0. The number of likely N-dealkylation sites (tertiary alicyclic amines) is 1. The van der Waals surface area contributed by atoms with Crippen LogP contribution in [0.25, 0.3) is 10.4 Å². The number of nitrogens with two attached hydrogens (primary N) is 1. The fourth-order valence-electron chi connectivity index (χ4n) is 4.25. The molecule has 11 heteroatoms. The van der Waals surface area contributed by atoms with Crippen LogP contribution in [0, 0.1) is 12.3 Å². The molecule has 1 aromatic heterocycles. The lowest BCUT2D eigenvalue weighted by Gasteiger charge is -2.35. The molecule has 1 fully saturated rings. The molecule has 0 spiro atoms. The highest BCUT2D eigenvalue weighted by Crippen LogP contribution is 2.28. The summed E-state index contributed by atoms with van der Waals surface area (Å²) in [4.78, 5) is 56.7. The minimum atomic E-state index is -0.948. The number of rotatable bonds is 9. The molecule has 200 valence electrons. The van der Waals surface area contributed by atoms with Crippen LogP contribution in [0.5, 0.6) is 0 Å². The number of β-amino-alcohol motifs (C(OH)–C–C–N with tert-alkyl or cyclic N) is 1. The number of hydrogen-bond acceptors (Lipinski definition) is 7. The fourth-order valence-corrected chi connectivity index (χ4v) is 5.06. The summed E-state index contributed by atoms with van der Waals surface area (Å²) in [6, 6.07) is 6.00. The van der Waals surface area contributed by atoms with Crippen molar-refractivity contribution in [1.82, 2.24) is 20.5 Å². The molecule has 0 aliphatic carbocycles. The first kappa shape index (κ1) is 28.3. The van der Waals surface area contributed by atoms with Gasteiger partial charge >= 0.3 is 0 Å². The number of carbonyl (C=O) groups excluding carboxylic acids is 4. The van der Waals surface area contributed by atoms with Crippen LogP contribution in [0.4, 0.5) is 0 Å². The van der Waals surface area contributed by atoms with Gasteiger partial charge in [0.1, 0.15) is 12.1 Å². The first-order valence-corrected chi connectivity index (χ1v) is 13.1. The van der Waals surface area contributed by atoms with Gasteiger partial charge in [-0.3, -0.25) is 19.2 Å². The first-order valence-electron chi connectivity index (χ1n) is 12.2. The predicted octanol–water partition coefficient (Wildman–Crippen LogP) is 1.49. The van der Waals surface area contributed by atoms with E-state index >= 15 is 0 Å². The van der Waals surface area contributed by atoms with Gasteiger partial charge in [-0.2, -0.15) is 0 Å². The van der Waals surface area contributed by atoms with Crippen molar-refractivity contribution in [2.24, 2.45) is 11.1 Å². The first-order chi connectivity index (χ1) is 17.4. The molecule has 3 rings (SSSR count). The molecule has 10 nitrogen and oxygen atoms in total. The number of thiazole rings is 1. The Labute approximate surface area is 220 Å². The Bertz CT molecular complexity index is 1140. The van der Waals surface area contributed by atoms with Crippen molar-refractivity contribution >= 4 is 35.0 Å². The summed E-state index contributed by atoms with van der Waals surface area (Å²) in [5.74, 6) is -1.92. The number of aliphatic hydroxyl groups is 1. The zero-order valence-corrected chi connectivity index (χ0v) is 22.4. The van der Waals surface area contributed by atoms with Crippen LogP contribution in [0.2, 0.25) is 0 Å². The molecular weight excluding hydrogens is 494 g/mol. The quantitative estimate of drug-likeness (QED) is 0.386. The number of primary amides is 1. The Balaban J connectivity index is 1.66. The number of hydrogen-bond donors (Lipinski definition) is 4. The Morgan fingerprint density at radius 3 is 2.43 bits per heavy atom. The van der Waals surface area contributed by atoms with Crippen LogP contribution in [0.15, 0.2) is 29.8 Å². The fraction of sp³-hybridized carbons (Fsp3) is 0.500. The van der Waals surface area contributed by atoms with E-state index in [0.29, 0.717) is 0 Å². The second-order valence-corrected chi connectivity index (χ2v) is 11.3. The molecule has 1 aromatic carbocycles. The zero-order valence-electron chi connectivity index (χ0n) is 21.6. The standard InChI is InChI=1S/C26H35N5O5S/c1-15-22(37-14-29-15)17-7-5-16(6-8-17)12-28-24(35)19-11-18(32)13-31(19)25(36)23(26(2,3)4)30-21(34)10-9-20(27)33/h5-8,14,18-19,23,32H,9-13H2,1-4H3,(H2,27,33)(H,28,35)(H,30,34)/t18-,19+,23-/m1/s1. The topological polar surface area (TPSA) is 155 Å². The third-order valence-corrected chi connectivity index (χ3v) is 7.29. The van der Waals surface area contributed by atoms with Crippen LogP contribution in [-0.4, -0.2) is 63.4 Å². The molecule has 2 heterocycles. The summed E-state index contributed by atoms with van der Waals surface area (Å²) in [6.45, 7) is 7.60. The molecule has 2 aromatic rings. The maximum atomic E-state index is 13.5. The Hall–Kier alpha value is -3.31. The predicted molar refractivity (Wildman–Crippen MR) is 140 cm³/mol. The largest absolute Gasteiger partial charge is 0.391 e. The molecule has 0 bridgehead atoms. The molecule has 0 saturated carbocycles. The monoisotopic (exact) mass is 529 g/mol. The molecular formula is C26H35N5O5S. The van der Waals surface area contributed by atoms with Gasteiger partial charge in [0.15, 0.2) is 0 Å². The highest BCUT2D eigenvalue weighted by molar-refractivity contribution is 7.13. The number of aromatic nitrogens is 1. The third kappa shape index (κ3) is 7.36. The van der Waals surface area contributed by atoms with Crippen molar-refractivity contribution in [1.29, 1.82) is 0 Å².